The summed E-state index contributed by atoms with van der Waals surface area (Å²) in [7, 11) is 0. The van der Waals surface area contributed by atoms with Crippen molar-refractivity contribution in [2.24, 2.45) is 5.92 Å². The van der Waals surface area contributed by atoms with Gasteiger partial charge in [-0.1, -0.05) is 46.5 Å². The average molecular weight is 290 g/mol. The number of alkyl halides is 4. The van der Waals surface area contributed by atoms with Crippen LogP contribution >= 0.6 is 46.4 Å². The van der Waals surface area contributed by atoms with E-state index in [0.717, 1.165) is 19.3 Å². The Balaban J connectivity index is 2.53. The largest absolute Gasteiger partial charge is 0.194 e. The smallest absolute Gasteiger partial charge is 0.120 e. The van der Waals surface area contributed by atoms with Crippen molar-refractivity contribution in [3.63, 3.8) is 0 Å². The van der Waals surface area contributed by atoms with Crippen molar-refractivity contribution in [3.05, 3.63) is 11.6 Å². The molecule has 88 valence electrons. The second-order valence-corrected chi connectivity index (χ2v) is 8.18. The highest BCUT2D eigenvalue weighted by molar-refractivity contribution is 6.67. The van der Waals surface area contributed by atoms with E-state index in [-0.39, 0.29) is 4.87 Å². The number of allylic oxidation sites excluding steroid dienone is 2. The van der Waals surface area contributed by atoms with Gasteiger partial charge in [-0.2, -0.15) is 0 Å². The van der Waals surface area contributed by atoms with Gasteiger partial charge in [-0.15, -0.1) is 11.6 Å². The van der Waals surface area contributed by atoms with E-state index in [1.165, 1.54) is 5.57 Å². The van der Waals surface area contributed by atoms with Crippen molar-refractivity contribution in [2.75, 3.05) is 0 Å². The highest BCUT2D eigenvalue weighted by atomic mass is 35.6. The number of hydrogen-bond donors (Lipinski definition) is 0. The molecule has 1 aliphatic carbocycles. The Morgan fingerprint density at radius 3 is 2.20 bits per heavy atom. The minimum absolute atomic E-state index is 0.137. The van der Waals surface area contributed by atoms with Gasteiger partial charge in [-0.3, -0.25) is 0 Å². The first-order valence-corrected chi connectivity index (χ1v) is 6.63. The lowest BCUT2D eigenvalue weighted by Crippen LogP contribution is -2.26. The highest BCUT2D eigenvalue weighted by Gasteiger charge is 2.30. The average Bonchev–Trinajstić information content (AvgIpc) is 2.00. The summed E-state index contributed by atoms with van der Waals surface area (Å²) in [6.07, 6.45) is 5.79. The second-order valence-electron chi connectivity index (χ2n) is 4.69. The van der Waals surface area contributed by atoms with Crippen molar-refractivity contribution < 1.29 is 0 Å². The lowest BCUT2D eigenvalue weighted by molar-refractivity contribution is 0.374. The molecule has 0 aromatic heterocycles. The van der Waals surface area contributed by atoms with Crippen molar-refractivity contribution >= 4 is 46.4 Å². The minimum atomic E-state index is -1.16. The molecule has 0 radical (unpaired) electrons. The normalized spacial score (nSPS) is 23.9. The van der Waals surface area contributed by atoms with Gasteiger partial charge in [-0.25, -0.2) is 0 Å². The maximum Gasteiger partial charge on any atom is 0.194 e. The molecule has 1 aliphatic rings. The predicted octanol–water partition coefficient (Wildman–Crippen LogP) is 5.49. The molecule has 0 nitrogen and oxygen atoms in total. The zero-order valence-electron chi connectivity index (χ0n) is 8.99. The zero-order valence-corrected chi connectivity index (χ0v) is 12.0. The standard InChI is InChI=1S/C11H16Cl4/c1-10(2,12)9-5-3-8(4-6-9)7-11(13,14)15/h3,9H,4-7H2,1-2H3/t9-/m0/s1. The molecule has 0 bridgehead atoms. The SMILES string of the molecule is CC(C)(Cl)[C@H]1CC=C(CC(Cl)(Cl)Cl)CC1. The quantitative estimate of drug-likeness (QED) is 0.466. The van der Waals surface area contributed by atoms with Crippen LogP contribution in [-0.4, -0.2) is 8.67 Å². The minimum Gasteiger partial charge on any atom is -0.120 e. The van der Waals surface area contributed by atoms with Gasteiger partial charge in [-0.05, 0) is 39.0 Å². The first-order chi connectivity index (χ1) is 6.68. The molecule has 0 heterocycles. The van der Waals surface area contributed by atoms with Crippen LogP contribution < -0.4 is 0 Å². The summed E-state index contributed by atoms with van der Waals surface area (Å²) in [4.78, 5) is -0.137. The molecule has 0 saturated heterocycles. The Labute approximate surface area is 112 Å². The Kier molecular flexibility index (Phi) is 4.69. The van der Waals surface area contributed by atoms with E-state index in [1.54, 1.807) is 0 Å². The molecule has 0 N–H and O–H groups in total. The van der Waals surface area contributed by atoms with Gasteiger partial charge in [0.15, 0.2) is 3.79 Å². The number of rotatable bonds is 2. The van der Waals surface area contributed by atoms with Gasteiger partial charge in [0.1, 0.15) is 0 Å². The van der Waals surface area contributed by atoms with Crippen molar-refractivity contribution in [2.45, 2.75) is 48.2 Å². The van der Waals surface area contributed by atoms with E-state index < -0.39 is 3.79 Å². The summed E-state index contributed by atoms with van der Waals surface area (Å²) in [6, 6.07) is 0. The van der Waals surface area contributed by atoms with Crippen LogP contribution in [-0.2, 0) is 0 Å². The van der Waals surface area contributed by atoms with Crippen LogP contribution in [0.5, 0.6) is 0 Å². The lowest BCUT2D eigenvalue weighted by Gasteiger charge is -2.31. The number of halogens is 4. The Bertz CT molecular complexity index is 244. The van der Waals surface area contributed by atoms with Crippen LogP contribution in [0, 0.1) is 5.92 Å². The monoisotopic (exact) mass is 288 g/mol. The van der Waals surface area contributed by atoms with E-state index in [9.17, 15) is 0 Å². The molecule has 0 unspecified atom stereocenters. The van der Waals surface area contributed by atoms with Crippen molar-refractivity contribution in [3.8, 4) is 0 Å². The van der Waals surface area contributed by atoms with E-state index in [0.29, 0.717) is 12.3 Å². The molecule has 0 aromatic carbocycles. The first kappa shape index (κ1) is 14.0. The third kappa shape index (κ3) is 5.17. The fraction of sp³-hybridized carbons (Fsp3) is 0.818. The number of hydrogen-bond acceptors (Lipinski definition) is 0. The summed E-state index contributed by atoms with van der Waals surface area (Å²) in [5.74, 6) is 0.526. The van der Waals surface area contributed by atoms with Crippen LogP contribution in [0.2, 0.25) is 0 Å². The predicted molar refractivity (Wildman–Crippen MR) is 70.3 cm³/mol. The molecular formula is C11H16Cl4. The maximum absolute atomic E-state index is 6.29. The fourth-order valence-corrected chi connectivity index (χ4v) is 2.64. The van der Waals surface area contributed by atoms with Gasteiger partial charge in [0.25, 0.3) is 0 Å². The lowest BCUT2D eigenvalue weighted by atomic mass is 9.81. The molecule has 0 saturated carbocycles. The molecule has 15 heavy (non-hydrogen) atoms. The van der Waals surface area contributed by atoms with Crippen molar-refractivity contribution in [1.29, 1.82) is 0 Å². The summed E-state index contributed by atoms with van der Waals surface area (Å²) < 4.78 is -1.16. The van der Waals surface area contributed by atoms with Gasteiger partial charge >= 0.3 is 0 Å². The van der Waals surface area contributed by atoms with Gasteiger partial charge in [0.05, 0.1) is 0 Å². The molecule has 0 spiro atoms. The van der Waals surface area contributed by atoms with E-state index in [2.05, 4.69) is 19.9 Å². The first-order valence-electron chi connectivity index (χ1n) is 5.12. The van der Waals surface area contributed by atoms with Crippen LogP contribution in [0.25, 0.3) is 0 Å². The summed E-state index contributed by atoms with van der Waals surface area (Å²) >= 11 is 23.6. The molecule has 1 atom stereocenters. The van der Waals surface area contributed by atoms with Crippen LogP contribution in [0.3, 0.4) is 0 Å². The Morgan fingerprint density at radius 1 is 1.27 bits per heavy atom. The molecule has 0 amide bonds. The van der Waals surface area contributed by atoms with E-state index in [4.69, 9.17) is 46.4 Å². The summed E-state index contributed by atoms with van der Waals surface area (Å²) in [6.45, 7) is 4.12. The van der Waals surface area contributed by atoms with Crippen LogP contribution in [0.1, 0.15) is 39.5 Å². The molecule has 4 heteroatoms. The highest BCUT2D eigenvalue weighted by Crippen LogP contribution is 2.40. The summed E-state index contributed by atoms with van der Waals surface area (Å²) in [5, 5.41) is 0. The topological polar surface area (TPSA) is 0 Å². The van der Waals surface area contributed by atoms with Crippen molar-refractivity contribution in [1.82, 2.24) is 0 Å². The van der Waals surface area contributed by atoms with Gasteiger partial charge in [0.2, 0.25) is 0 Å². The van der Waals surface area contributed by atoms with Gasteiger partial charge < -0.3 is 0 Å². The molecule has 0 aliphatic heterocycles. The third-order valence-electron chi connectivity index (χ3n) is 2.90. The van der Waals surface area contributed by atoms with E-state index >= 15 is 0 Å². The van der Waals surface area contributed by atoms with Crippen LogP contribution in [0.4, 0.5) is 0 Å². The molecule has 0 fully saturated rings. The Morgan fingerprint density at radius 2 is 1.87 bits per heavy atom. The third-order valence-corrected chi connectivity index (χ3v) is 3.61. The molecular weight excluding hydrogens is 274 g/mol. The summed E-state index contributed by atoms with van der Waals surface area (Å²) in [5.41, 5.74) is 1.24. The second kappa shape index (κ2) is 5.04. The van der Waals surface area contributed by atoms with Crippen LogP contribution in [0.15, 0.2) is 11.6 Å². The maximum atomic E-state index is 6.29. The van der Waals surface area contributed by atoms with E-state index in [1.807, 2.05) is 0 Å². The molecule has 0 aromatic rings. The fourth-order valence-electron chi connectivity index (χ4n) is 1.93. The molecule has 1 rings (SSSR count). The Hall–Kier alpha value is 0.900. The van der Waals surface area contributed by atoms with Gasteiger partial charge in [0, 0.05) is 11.3 Å². The zero-order chi connectivity index (χ0) is 11.7.